The highest BCUT2D eigenvalue weighted by molar-refractivity contribution is 6.30. The van der Waals surface area contributed by atoms with Gasteiger partial charge >= 0.3 is 0 Å². The third-order valence-electron chi connectivity index (χ3n) is 3.12. The highest BCUT2D eigenvalue weighted by Gasteiger charge is 2.25. The van der Waals surface area contributed by atoms with E-state index in [9.17, 15) is 0 Å². The molecular weight excluding hydrogens is 266 g/mol. The minimum Gasteiger partial charge on any atom is -0.418 e. The molecule has 1 aromatic carbocycles. The topological polar surface area (TPSA) is 74.2 Å². The van der Waals surface area contributed by atoms with Crippen molar-refractivity contribution in [1.82, 2.24) is 10.2 Å². The Kier molecular flexibility index (Phi) is 3.50. The zero-order chi connectivity index (χ0) is 13.2. The number of ether oxygens (including phenoxy) is 1. The van der Waals surface area contributed by atoms with E-state index in [1.807, 2.05) is 12.1 Å². The van der Waals surface area contributed by atoms with Crippen LogP contribution in [0.1, 0.15) is 24.8 Å². The van der Waals surface area contributed by atoms with Crippen LogP contribution in [-0.2, 0) is 4.74 Å². The van der Waals surface area contributed by atoms with Crippen molar-refractivity contribution in [3.8, 4) is 11.5 Å². The first-order valence-electron chi connectivity index (χ1n) is 6.19. The first-order valence-corrected chi connectivity index (χ1v) is 6.56. The van der Waals surface area contributed by atoms with Crippen LogP contribution in [0, 0.1) is 0 Å². The van der Waals surface area contributed by atoms with Crippen LogP contribution >= 0.6 is 11.6 Å². The quantitative estimate of drug-likeness (QED) is 0.914. The molecular formula is C13H14ClN3O2. The Bertz CT molecular complexity index is 547. The number of rotatable bonds is 2. The Hall–Kier alpha value is -1.43. The van der Waals surface area contributed by atoms with E-state index in [0.717, 1.165) is 18.4 Å². The fourth-order valence-corrected chi connectivity index (χ4v) is 2.17. The summed E-state index contributed by atoms with van der Waals surface area (Å²) in [6, 6.07) is 7.37. The molecule has 1 aliphatic heterocycles. The van der Waals surface area contributed by atoms with E-state index in [4.69, 9.17) is 26.5 Å². The lowest BCUT2D eigenvalue weighted by molar-refractivity contribution is -0.0111. The zero-order valence-corrected chi connectivity index (χ0v) is 11.0. The SMILES string of the molecule is N[C@H]1CC[C@H](c2nnc(-c3ccc(Cl)cc3)o2)OC1. The Morgan fingerprint density at radius 2 is 1.95 bits per heavy atom. The van der Waals surface area contributed by atoms with Gasteiger partial charge in [-0.05, 0) is 37.1 Å². The van der Waals surface area contributed by atoms with Gasteiger partial charge in [0, 0.05) is 16.6 Å². The van der Waals surface area contributed by atoms with Crippen molar-refractivity contribution < 1.29 is 9.15 Å². The number of nitrogens with two attached hydrogens (primary N) is 1. The summed E-state index contributed by atoms with van der Waals surface area (Å²) < 4.78 is 11.3. The standard InChI is InChI=1S/C13H14ClN3O2/c14-9-3-1-8(2-4-9)12-16-17-13(19-12)11-6-5-10(15)7-18-11/h1-4,10-11H,5-7,15H2/t10-,11+/m0/s1. The molecule has 5 nitrogen and oxygen atoms in total. The summed E-state index contributed by atoms with van der Waals surface area (Å²) in [5, 5.41) is 8.76. The number of nitrogens with zero attached hydrogens (tertiary/aromatic N) is 2. The predicted octanol–water partition coefficient (Wildman–Crippen LogP) is 2.57. The second-order valence-corrected chi connectivity index (χ2v) is 5.05. The van der Waals surface area contributed by atoms with E-state index in [1.165, 1.54) is 0 Å². The lowest BCUT2D eigenvalue weighted by atomic mass is 10.1. The van der Waals surface area contributed by atoms with Gasteiger partial charge < -0.3 is 14.9 Å². The van der Waals surface area contributed by atoms with Crippen LogP contribution in [0.3, 0.4) is 0 Å². The van der Waals surface area contributed by atoms with Crippen LogP contribution in [0.2, 0.25) is 5.02 Å². The van der Waals surface area contributed by atoms with Gasteiger partial charge in [0.05, 0.1) is 6.61 Å². The van der Waals surface area contributed by atoms with Crippen molar-refractivity contribution in [3.05, 3.63) is 35.2 Å². The maximum atomic E-state index is 5.84. The van der Waals surface area contributed by atoms with E-state index in [2.05, 4.69) is 10.2 Å². The summed E-state index contributed by atoms with van der Waals surface area (Å²) in [5.41, 5.74) is 6.62. The molecule has 0 radical (unpaired) electrons. The lowest BCUT2D eigenvalue weighted by Crippen LogP contribution is -2.32. The van der Waals surface area contributed by atoms with Gasteiger partial charge in [-0.1, -0.05) is 11.6 Å². The summed E-state index contributed by atoms with van der Waals surface area (Å²) in [7, 11) is 0. The molecule has 1 fully saturated rings. The second-order valence-electron chi connectivity index (χ2n) is 4.61. The molecule has 1 saturated heterocycles. The van der Waals surface area contributed by atoms with Gasteiger partial charge in [0.25, 0.3) is 0 Å². The molecule has 100 valence electrons. The molecule has 0 saturated carbocycles. The fraction of sp³-hybridized carbons (Fsp3) is 0.385. The van der Waals surface area contributed by atoms with Crippen LogP contribution in [0.25, 0.3) is 11.5 Å². The van der Waals surface area contributed by atoms with Gasteiger partial charge in [-0.15, -0.1) is 10.2 Å². The maximum Gasteiger partial charge on any atom is 0.247 e. The molecule has 3 rings (SSSR count). The minimum atomic E-state index is -0.145. The van der Waals surface area contributed by atoms with E-state index < -0.39 is 0 Å². The summed E-state index contributed by atoms with van der Waals surface area (Å²) in [4.78, 5) is 0. The van der Waals surface area contributed by atoms with Gasteiger partial charge in [-0.25, -0.2) is 0 Å². The molecule has 2 aromatic rings. The number of hydrogen-bond acceptors (Lipinski definition) is 5. The van der Waals surface area contributed by atoms with Crippen LogP contribution in [-0.4, -0.2) is 22.8 Å². The van der Waals surface area contributed by atoms with E-state index in [0.29, 0.717) is 23.4 Å². The summed E-state index contributed by atoms with van der Waals surface area (Å²) >= 11 is 5.84. The third kappa shape index (κ3) is 2.78. The molecule has 0 aliphatic carbocycles. The summed E-state index contributed by atoms with van der Waals surface area (Å²) in [5.74, 6) is 0.988. The Morgan fingerprint density at radius 1 is 1.16 bits per heavy atom. The van der Waals surface area contributed by atoms with Crippen LogP contribution in [0.5, 0.6) is 0 Å². The van der Waals surface area contributed by atoms with Crippen molar-refractivity contribution >= 4 is 11.6 Å². The first-order chi connectivity index (χ1) is 9.22. The molecule has 2 atom stereocenters. The molecule has 2 N–H and O–H groups in total. The average molecular weight is 280 g/mol. The van der Waals surface area contributed by atoms with Gasteiger partial charge in [0.1, 0.15) is 6.10 Å². The molecule has 0 unspecified atom stereocenters. The lowest BCUT2D eigenvalue weighted by Gasteiger charge is -2.23. The molecule has 0 bridgehead atoms. The Balaban J connectivity index is 1.77. The fourth-order valence-electron chi connectivity index (χ4n) is 2.04. The van der Waals surface area contributed by atoms with Crippen molar-refractivity contribution in [3.63, 3.8) is 0 Å². The molecule has 1 aromatic heterocycles. The largest absolute Gasteiger partial charge is 0.418 e. The van der Waals surface area contributed by atoms with Gasteiger partial charge in [0.2, 0.25) is 11.8 Å². The van der Waals surface area contributed by atoms with E-state index in [-0.39, 0.29) is 12.1 Å². The monoisotopic (exact) mass is 279 g/mol. The minimum absolute atomic E-state index is 0.106. The summed E-state index contributed by atoms with van der Waals surface area (Å²) in [6.45, 7) is 0.531. The molecule has 0 spiro atoms. The van der Waals surface area contributed by atoms with E-state index >= 15 is 0 Å². The van der Waals surface area contributed by atoms with Crippen molar-refractivity contribution in [2.45, 2.75) is 25.0 Å². The molecule has 19 heavy (non-hydrogen) atoms. The first kappa shape index (κ1) is 12.6. The Labute approximate surface area is 115 Å². The number of aromatic nitrogens is 2. The van der Waals surface area contributed by atoms with Gasteiger partial charge in [-0.2, -0.15) is 0 Å². The van der Waals surface area contributed by atoms with Crippen molar-refractivity contribution in [2.75, 3.05) is 6.61 Å². The van der Waals surface area contributed by atoms with Crippen LogP contribution in [0.4, 0.5) is 0 Å². The normalized spacial score (nSPS) is 23.5. The third-order valence-corrected chi connectivity index (χ3v) is 3.37. The number of benzene rings is 1. The molecule has 1 aliphatic rings. The number of hydrogen-bond donors (Lipinski definition) is 1. The van der Waals surface area contributed by atoms with Crippen molar-refractivity contribution in [1.29, 1.82) is 0 Å². The maximum absolute atomic E-state index is 5.84. The van der Waals surface area contributed by atoms with Crippen molar-refractivity contribution in [2.24, 2.45) is 5.73 Å². The highest BCUT2D eigenvalue weighted by atomic mass is 35.5. The smallest absolute Gasteiger partial charge is 0.247 e. The summed E-state index contributed by atoms with van der Waals surface area (Å²) in [6.07, 6.45) is 1.57. The molecule has 0 amide bonds. The highest BCUT2D eigenvalue weighted by Crippen LogP contribution is 2.29. The van der Waals surface area contributed by atoms with Gasteiger partial charge in [-0.3, -0.25) is 0 Å². The second kappa shape index (κ2) is 5.28. The zero-order valence-electron chi connectivity index (χ0n) is 10.3. The van der Waals surface area contributed by atoms with E-state index in [1.54, 1.807) is 12.1 Å². The predicted molar refractivity (Wildman–Crippen MR) is 70.6 cm³/mol. The Morgan fingerprint density at radius 3 is 2.63 bits per heavy atom. The van der Waals surface area contributed by atoms with Gasteiger partial charge in [0.15, 0.2) is 0 Å². The van der Waals surface area contributed by atoms with Crippen LogP contribution in [0.15, 0.2) is 28.7 Å². The van der Waals surface area contributed by atoms with Crippen LogP contribution < -0.4 is 5.73 Å². The number of halogens is 1. The molecule has 6 heteroatoms. The molecule has 2 heterocycles. The average Bonchev–Trinajstić information content (AvgIpc) is 2.90.